The molecule has 4 aliphatic rings. The number of nitrogens with zero attached hydrogens (tertiary/aromatic N) is 5. The first-order valence-corrected chi connectivity index (χ1v) is 18.5. The van der Waals surface area contributed by atoms with Crippen molar-refractivity contribution in [3.63, 3.8) is 0 Å². The van der Waals surface area contributed by atoms with Gasteiger partial charge in [0.25, 0.3) is 0 Å². The number of benzene rings is 2. The van der Waals surface area contributed by atoms with Crippen molar-refractivity contribution < 1.29 is 24.3 Å². The molecule has 2 aromatic carbocycles. The summed E-state index contributed by atoms with van der Waals surface area (Å²) in [6.45, 7) is 0.0914. The van der Waals surface area contributed by atoms with Crippen LogP contribution in [0.1, 0.15) is 87.8 Å². The van der Waals surface area contributed by atoms with Gasteiger partial charge in [-0.3, -0.25) is 9.59 Å². The van der Waals surface area contributed by atoms with Crippen LogP contribution in [0.25, 0.3) is 23.5 Å². The Morgan fingerprint density at radius 1 is 0.923 bits per heavy atom. The number of carboxylic acids is 1. The van der Waals surface area contributed by atoms with Gasteiger partial charge in [-0.05, 0) is 54.9 Å². The van der Waals surface area contributed by atoms with E-state index in [9.17, 15) is 24.3 Å². The molecule has 0 bridgehead atoms. The minimum Gasteiger partial charge on any atom is -0.479 e. The number of allylic oxidation sites excluding steroid dienone is 1. The average molecular weight is 707 g/mol. The molecule has 272 valence electrons. The summed E-state index contributed by atoms with van der Waals surface area (Å²) in [6.07, 6.45) is 15.8. The van der Waals surface area contributed by atoms with E-state index < -0.39 is 41.6 Å². The number of aromatic nitrogens is 4. The summed E-state index contributed by atoms with van der Waals surface area (Å²) >= 11 is 0. The number of carboxylic acid groups (broad SMARTS) is 1. The zero-order chi connectivity index (χ0) is 36.1. The van der Waals surface area contributed by atoms with E-state index >= 15 is 0 Å². The molecular weight excluding hydrogens is 660 g/mol. The number of carbonyl (C=O) groups is 4. The predicted octanol–water partition coefficient (Wildman–Crippen LogP) is 4.74. The number of hydrogen-bond acceptors (Lipinski definition) is 7. The molecule has 13 heteroatoms. The molecule has 4 amide bonds. The molecule has 2 saturated carbocycles. The SMILES string of the molecule is O=C(NC1CCCC1)N[C@H]1CCCCC/C=C\[C@@H]2C[C@@]2(C(=O)O)NC(=O)[C@@H]2C[C@@H](n3nnc(-c4ccccc4/C=C/c4ccccc4)n3)CN2C1=O. The van der Waals surface area contributed by atoms with E-state index in [1.807, 2.05) is 78.9 Å². The molecule has 3 heterocycles. The van der Waals surface area contributed by atoms with Crippen LogP contribution in [0, 0.1) is 5.92 Å². The van der Waals surface area contributed by atoms with Gasteiger partial charge in [-0.15, -0.1) is 10.2 Å². The summed E-state index contributed by atoms with van der Waals surface area (Å²) in [4.78, 5) is 57.0. The Kier molecular flexibility index (Phi) is 10.5. The Labute approximate surface area is 302 Å². The molecule has 7 rings (SSSR count). The maximum atomic E-state index is 14.4. The third-order valence-electron chi connectivity index (χ3n) is 10.8. The smallest absolute Gasteiger partial charge is 0.330 e. The number of amides is 4. The summed E-state index contributed by atoms with van der Waals surface area (Å²) in [5.74, 6) is -1.96. The molecule has 1 saturated heterocycles. The average Bonchev–Trinajstić information content (AvgIpc) is 3.62. The maximum absolute atomic E-state index is 14.4. The highest BCUT2D eigenvalue weighted by molar-refractivity contribution is 5.96. The number of urea groups is 1. The number of nitrogens with one attached hydrogen (secondary N) is 3. The van der Waals surface area contributed by atoms with E-state index in [4.69, 9.17) is 5.10 Å². The van der Waals surface area contributed by atoms with Crippen LogP contribution < -0.4 is 16.0 Å². The molecule has 0 radical (unpaired) electrons. The fourth-order valence-corrected chi connectivity index (χ4v) is 7.78. The Morgan fingerprint density at radius 3 is 2.50 bits per heavy atom. The van der Waals surface area contributed by atoms with Crippen molar-refractivity contribution >= 4 is 36.0 Å². The normalized spacial score (nSPS) is 27.6. The van der Waals surface area contributed by atoms with Crippen LogP contribution in [-0.2, 0) is 14.4 Å². The second-order valence-electron chi connectivity index (χ2n) is 14.5. The number of tetrazole rings is 1. The van der Waals surface area contributed by atoms with E-state index in [1.54, 1.807) is 0 Å². The standard InChI is InChI=1S/C39H46N8O5/c48-35-33-23-30(47-44-34(43-45-47)31-19-12-9-15-27(31)22-21-26-13-5-4-6-14-26)25-46(33)36(49)32(41-38(52)40-29-17-10-11-18-29)20-8-3-1-2-7-16-28-24-39(28,42-35)37(50)51/h4-7,9,12-16,19,21-22,28-30,32-33H,1-3,8,10-11,17-18,20,23-25H2,(H,42,48)(H,50,51)(H2,40,41,52)/b16-7-,22-21+/t28-,30-,32+,33+,39-/m1/s1. The van der Waals surface area contributed by atoms with Crippen LogP contribution in [-0.4, -0.2) is 84.2 Å². The van der Waals surface area contributed by atoms with Crippen LogP contribution in [0.3, 0.4) is 0 Å². The van der Waals surface area contributed by atoms with Crippen molar-refractivity contribution in [2.45, 2.75) is 100 Å². The molecule has 2 aliphatic heterocycles. The van der Waals surface area contributed by atoms with E-state index in [-0.39, 0.29) is 37.3 Å². The first-order valence-electron chi connectivity index (χ1n) is 18.5. The minimum absolute atomic E-state index is 0.0732. The van der Waals surface area contributed by atoms with E-state index in [0.717, 1.165) is 61.6 Å². The van der Waals surface area contributed by atoms with Gasteiger partial charge in [0.1, 0.15) is 17.6 Å². The maximum Gasteiger partial charge on any atom is 0.330 e. The Balaban J connectivity index is 1.15. The lowest BCUT2D eigenvalue weighted by atomic mass is 10.0. The fraction of sp³-hybridized carbons (Fsp3) is 0.462. The Bertz CT molecular complexity index is 1840. The van der Waals surface area contributed by atoms with Crippen molar-refractivity contribution in [2.75, 3.05) is 6.54 Å². The largest absolute Gasteiger partial charge is 0.479 e. The van der Waals surface area contributed by atoms with Gasteiger partial charge in [-0.25, -0.2) is 9.59 Å². The third kappa shape index (κ3) is 7.78. The number of rotatable bonds is 7. The molecule has 1 aromatic heterocycles. The van der Waals surface area contributed by atoms with Gasteiger partial charge in [0, 0.05) is 30.5 Å². The van der Waals surface area contributed by atoms with Gasteiger partial charge >= 0.3 is 12.0 Å². The summed E-state index contributed by atoms with van der Waals surface area (Å²) < 4.78 is 0. The van der Waals surface area contributed by atoms with Crippen LogP contribution in [0.15, 0.2) is 66.7 Å². The van der Waals surface area contributed by atoms with Gasteiger partial charge in [0.15, 0.2) is 0 Å². The highest BCUT2D eigenvalue weighted by Crippen LogP contribution is 2.45. The van der Waals surface area contributed by atoms with Gasteiger partial charge in [-0.2, -0.15) is 4.80 Å². The van der Waals surface area contributed by atoms with Crippen LogP contribution in [0.2, 0.25) is 0 Å². The highest BCUT2D eigenvalue weighted by atomic mass is 16.4. The van der Waals surface area contributed by atoms with Crippen LogP contribution in [0.4, 0.5) is 4.79 Å². The quantitative estimate of drug-likeness (QED) is 0.202. The van der Waals surface area contributed by atoms with E-state index in [1.165, 1.54) is 9.70 Å². The second kappa shape index (κ2) is 15.5. The monoisotopic (exact) mass is 706 g/mol. The lowest BCUT2D eigenvalue weighted by molar-refractivity contribution is -0.145. The van der Waals surface area contributed by atoms with E-state index in [0.29, 0.717) is 18.7 Å². The van der Waals surface area contributed by atoms with Crippen molar-refractivity contribution in [3.8, 4) is 11.4 Å². The first kappa shape index (κ1) is 35.1. The van der Waals surface area contributed by atoms with Crippen molar-refractivity contribution in [1.29, 1.82) is 0 Å². The first-order chi connectivity index (χ1) is 25.3. The molecule has 52 heavy (non-hydrogen) atoms. The molecule has 0 unspecified atom stereocenters. The Morgan fingerprint density at radius 2 is 1.69 bits per heavy atom. The van der Waals surface area contributed by atoms with Gasteiger partial charge in [-0.1, -0.05) is 105 Å². The highest BCUT2D eigenvalue weighted by Gasteiger charge is 2.61. The van der Waals surface area contributed by atoms with Crippen molar-refractivity contribution in [3.05, 3.63) is 77.9 Å². The summed E-state index contributed by atoms with van der Waals surface area (Å²) in [5, 5.41) is 32.5. The summed E-state index contributed by atoms with van der Waals surface area (Å²) in [5.41, 5.74) is 1.30. The summed E-state index contributed by atoms with van der Waals surface area (Å²) in [6, 6.07) is 15.0. The molecule has 5 atom stereocenters. The predicted molar refractivity (Wildman–Crippen MR) is 194 cm³/mol. The van der Waals surface area contributed by atoms with Gasteiger partial charge in [0.2, 0.25) is 17.6 Å². The number of carbonyl (C=O) groups excluding carboxylic acids is 3. The van der Waals surface area contributed by atoms with Gasteiger partial charge < -0.3 is 26.0 Å². The molecule has 3 fully saturated rings. The number of hydrogen-bond donors (Lipinski definition) is 4. The van der Waals surface area contributed by atoms with E-state index in [2.05, 4.69) is 26.3 Å². The fourth-order valence-electron chi connectivity index (χ4n) is 7.78. The molecular formula is C39H46N8O5. The molecule has 0 spiro atoms. The van der Waals surface area contributed by atoms with Crippen molar-refractivity contribution in [2.24, 2.45) is 5.92 Å². The molecule has 13 nitrogen and oxygen atoms in total. The minimum atomic E-state index is -1.42. The third-order valence-corrected chi connectivity index (χ3v) is 10.8. The van der Waals surface area contributed by atoms with Crippen molar-refractivity contribution in [1.82, 2.24) is 41.1 Å². The number of aliphatic carboxylic acids is 1. The zero-order valence-electron chi connectivity index (χ0n) is 29.2. The van der Waals surface area contributed by atoms with Crippen LogP contribution in [0.5, 0.6) is 0 Å². The molecule has 3 aromatic rings. The number of fused-ring (bicyclic) bond motifs is 2. The van der Waals surface area contributed by atoms with Crippen LogP contribution >= 0.6 is 0 Å². The Hall–Kier alpha value is -5.33. The molecule has 2 aliphatic carbocycles. The zero-order valence-corrected chi connectivity index (χ0v) is 29.2. The van der Waals surface area contributed by atoms with Gasteiger partial charge in [0.05, 0.1) is 6.04 Å². The second-order valence-corrected chi connectivity index (χ2v) is 14.5. The lowest BCUT2D eigenvalue weighted by Crippen LogP contribution is -2.57. The lowest BCUT2D eigenvalue weighted by Gasteiger charge is -2.30. The molecule has 4 N–H and O–H groups in total. The summed E-state index contributed by atoms with van der Waals surface area (Å²) in [7, 11) is 0. The topological polar surface area (TPSA) is 171 Å².